The van der Waals surface area contributed by atoms with Crippen molar-refractivity contribution in [3.05, 3.63) is 88.4 Å². The lowest BCUT2D eigenvalue weighted by Gasteiger charge is -2.12. The Hall–Kier alpha value is -3.72. The fourth-order valence-corrected chi connectivity index (χ4v) is 3.17. The number of benzene rings is 3. The molecule has 4 N–H and O–H groups in total. The van der Waals surface area contributed by atoms with Gasteiger partial charge in [0.2, 0.25) is 0 Å². The molecule has 3 aromatic rings. The van der Waals surface area contributed by atoms with Crippen molar-refractivity contribution in [2.75, 3.05) is 17.2 Å². The first-order valence-corrected chi connectivity index (χ1v) is 10.1. The summed E-state index contributed by atoms with van der Waals surface area (Å²) in [5.41, 5.74) is 0.401. The molecule has 0 heterocycles. The van der Waals surface area contributed by atoms with Gasteiger partial charge in [-0.25, -0.2) is 4.79 Å². The van der Waals surface area contributed by atoms with Crippen LogP contribution in [-0.2, 0) is 12.6 Å². The number of urea groups is 1. The van der Waals surface area contributed by atoms with Crippen LogP contribution in [0, 0.1) is 0 Å². The number of carbonyl (C=O) groups is 2. The van der Waals surface area contributed by atoms with Crippen molar-refractivity contribution in [2.24, 2.45) is 0 Å². The molecule has 6 nitrogen and oxygen atoms in total. The average molecular weight is 478 g/mol. The monoisotopic (exact) mass is 477 g/mol. The Labute approximate surface area is 192 Å². The summed E-state index contributed by atoms with van der Waals surface area (Å²) in [5.74, 6) is -0.490. The third kappa shape index (κ3) is 6.63. The predicted molar refractivity (Wildman–Crippen MR) is 120 cm³/mol. The molecule has 0 fully saturated rings. The minimum absolute atomic E-state index is 0.0546. The topological polar surface area (TPSA) is 90.5 Å². The van der Waals surface area contributed by atoms with E-state index in [1.807, 2.05) is 0 Å². The van der Waals surface area contributed by atoms with Crippen molar-refractivity contribution in [2.45, 2.75) is 12.6 Å². The minimum Gasteiger partial charge on any atom is -0.507 e. The van der Waals surface area contributed by atoms with E-state index in [-0.39, 0.29) is 22.9 Å². The molecule has 172 valence electrons. The van der Waals surface area contributed by atoms with E-state index in [1.165, 1.54) is 18.2 Å². The lowest BCUT2D eigenvalue weighted by Crippen LogP contribution is -2.25. The van der Waals surface area contributed by atoms with E-state index in [0.717, 1.165) is 17.7 Å². The summed E-state index contributed by atoms with van der Waals surface area (Å²) in [6.45, 7) is 0.332. The maximum absolute atomic E-state index is 12.9. The van der Waals surface area contributed by atoms with Crippen molar-refractivity contribution >= 4 is 34.9 Å². The van der Waals surface area contributed by atoms with Crippen LogP contribution in [0.3, 0.4) is 0 Å². The zero-order valence-electron chi connectivity index (χ0n) is 17.0. The lowest BCUT2D eigenvalue weighted by molar-refractivity contribution is -0.137. The maximum Gasteiger partial charge on any atom is 0.417 e. The number of phenols is 1. The normalized spacial score (nSPS) is 11.0. The highest BCUT2D eigenvalue weighted by molar-refractivity contribution is 6.31. The van der Waals surface area contributed by atoms with Crippen LogP contribution < -0.4 is 16.0 Å². The number of rotatable bonds is 6. The van der Waals surface area contributed by atoms with Gasteiger partial charge in [-0.15, -0.1) is 0 Å². The smallest absolute Gasteiger partial charge is 0.417 e. The third-order valence-corrected chi connectivity index (χ3v) is 4.92. The Kier molecular flexibility index (Phi) is 7.44. The van der Waals surface area contributed by atoms with Gasteiger partial charge in [-0.3, -0.25) is 4.79 Å². The molecular formula is C23H19ClF3N3O3. The second-order valence-corrected chi connectivity index (χ2v) is 7.40. The molecule has 0 atom stereocenters. The molecule has 0 spiro atoms. The number of phenolic OH excluding ortho intramolecular Hbond substituents is 1. The van der Waals surface area contributed by atoms with E-state index < -0.39 is 22.8 Å². The van der Waals surface area contributed by atoms with E-state index in [9.17, 15) is 27.9 Å². The molecule has 33 heavy (non-hydrogen) atoms. The highest BCUT2D eigenvalue weighted by Gasteiger charge is 2.33. The second-order valence-electron chi connectivity index (χ2n) is 6.99. The van der Waals surface area contributed by atoms with Crippen molar-refractivity contribution in [1.82, 2.24) is 5.32 Å². The van der Waals surface area contributed by atoms with Crippen molar-refractivity contribution < 1.29 is 27.9 Å². The van der Waals surface area contributed by atoms with Gasteiger partial charge >= 0.3 is 12.2 Å². The van der Waals surface area contributed by atoms with E-state index >= 15 is 0 Å². The van der Waals surface area contributed by atoms with Gasteiger partial charge in [-0.05, 0) is 54.4 Å². The van der Waals surface area contributed by atoms with E-state index in [4.69, 9.17) is 11.6 Å². The number of hydrogen-bond acceptors (Lipinski definition) is 3. The summed E-state index contributed by atoms with van der Waals surface area (Å²) in [5, 5.41) is 16.8. The summed E-state index contributed by atoms with van der Waals surface area (Å²) in [4.78, 5) is 24.2. The van der Waals surface area contributed by atoms with Crippen LogP contribution in [0.25, 0.3) is 0 Å². The highest BCUT2D eigenvalue weighted by atomic mass is 35.5. The Balaban J connectivity index is 1.51. The van der Waals surface area contributed by atoms with E-state index in [0.29, 0.717) is 18.7 Å². The van der Waals surface area contributed by atoms with Gasteiger partial charge in [0.1, 0.15) is 5.75 Å². The molecule has 3 amide bonds. The number of aromatic hydroxyl groups is 1. The predicted octanol–water partition coefficient (Wildman–Crippen LogP) is 5.68. The Morgan fingerprint density at radius 2 is 1.55 bits per heavy atom. The van der Waals surface area contributed by atoms with Crippen LogP contribution >= 0.6 is 11.6 Å². The molecule has 0 aliphatic heterocycles. The van der Waals surface area contributed by atoms with Crippen LogP contribution in [-0.4, -0.2) is 23.6 Å². The number of carbonyl (C=O) groups excluding carboxylic acids is 2. The van der Waals surface area contributed by atoms with Gasteiger partial charge in [0.25, 0.3) is 5.91 Å². The number of para-hydroxylation sites is 1. The molecule has 0 unspecified atom stereocenters. The van der Waals surface area contributed by atoms with Gasteiger partial charge in [0.05, 0.1) is 16.1 Å². The lowest BCUT2D eigenvalue weighted by atomic mass is 10.1. The van der Waals surface area contributed by atoms with Crippen LogP contribution in [0.1, 0.15) is 21.5 Å². The number of anilines is 2. The van der Waals surface area contributed by atoms with Gasteiger partial charge < -0.3 is 21.1 Å². The number of halogens is 4. The van der Waals surface area contributed by atoms with Crippen LogP contribution in [0.15, 0.2) is 66.7 Å². The largest absolute Gasteiger partial charge is 0.507 e. The van der Waals surface area contributed by atoms with Crippen molar-refractivity contribution in [3.8, 4) is 5.75 Å². The molecule has 0 saturated heterocycles. The standard InChI is InChI=1S/C23H19ClF3N3O3/c24-19-10-9-16(13-18(19)23(25,26)27)30-22(33)29-15-7-5-14(6-8-15)11-12-28-21(32)17-3-1-2-4-20(17)31/h1-10,13,31H,11-12H2,(H,28,32)(H2,29,30,33). The third-order valence-electron chi connectivity index (χ3n) is 4.59. The van der Waals surface area contributed by atoms with Gasteiger partial charge in [0, 0.05) is 17.9 Å². The van der Waals surface area contributed by atoms with Crippen LogP contribution in [0.4, 0.5) is 29.3 Å². The van der Waals surface area contributed by atoms with Crippen LogP contribution in [0.5, 0.6) is 5.75 Å². The summed E-state index contributed by atoms with van der Waals surface area (Å²) in [6.07, 6.45) is -4.13. The molecule has 0 aliphatic rings. The average Bonchev–Trinajstić information content (AvgIpc) is 2.75. The number of alkyl halides is 3. The molecule has 0 radical (unpaired) electrons. The first-order valence-electron chi connectivity index (χ1n) is 9.73. The number of nitrogens with one attached hydrogen (secondary N) is 3. The van der Waals surface area contributed by atoms with E-state index in [2.05, 4.69) is 16.0 Å². The zero-order valence-corrected chi connectivity index (χ0v) is 17.8. The molecule has 0 aromatic heterocycles. The van der Waals surface area contributed by atoms with E-state index in [1.54, 1.807) is 36.4 Å². The molecule has 0 bridgehead atoms. The second kappa shape index (κ2) is 10.3. The summed E-state index contributed by atoms with van der Waals surface area (Å²) >= 11 is 5.57. The molecular weight excluding hydrogens is 459 g/mol. The number of amides is 3. The molecule has 0 saturated carbocycles. The van der Waals surface area contributed by atoms with Gasteiger partial charge in [-0.1, -0.05) is 35.9 Å². The van der Waals surface area contributed by atoms with Crippen molar-refractivity contribution in [1.29, 1.82) is 0 Å². The SMILES string of the molecule is O=C(Nc1ccc(CCNC(=O)c2ccccc2O)cc1)Nc1ccc(Cl)c(C(F)(F)F)c1. The maximum atomic E-state index is 12.9. The fraction of sp³-hybridized carbons (Fsp3) is 0.130. The fourth-order valence-electron chi connectivity index (χ4n) is 2.95. The van der Waals surface area contributed by atoms with Crippen molar-refractivity contribution in [3.63, 3.8) is 0 Å². The molecule has 3 rings (SSSR count). The molecule has 10 heteroatoms. The Bertz CT molecular complexity index is 1150. The number of hydrogen-bond donors (Lipinski definition) is 4. The summed E-state index contributed by atoms with van der Waals surface area (Å²) in [6, 6.07) is 15.3. The zero-order chi connectivity index (χ0) is 24.0. The quantitative estimate of drug-likeness (QED) is 0.368. The first kappa shape index (κ1) is 23.9. The van der Waals surface area contributed by atoms with Gasteiger partial charge in [0.15, 0.2) is 0 Å². The molecule has 0 aliphatic carbocycles. The first-order chi connectivity index (χ1) is 15.6. The molecule has 3 aromatic carbocycles. The summed E-state index contributed by atoms with van der Waals surface area (Å²) < 4.78 is 38.8. The highest BCUT2D eigenvalue weighted by Crippen LogP contribution is 2.36. The van der Waals surface area contributed by atoms with Crippen LogP contribution in [0.2, 0.25) is 5.02 Å². The summed E-state index contributed by atoms with van der Waals surface area (Å²) in [7, 11) is 0. The minimum atomic E-state index is -4.64. The Morgan fingerprint density at radius 3 is 2.21 bits per heavy atom. The van der Waals surface area contributed by atoms with Gasteiger partial charge in [-0.2, -0.15) is 13.2 Å². The Morgan fingerprint density at radius 1 is 0.909 bits per heavy atom.